The number of hydrogen-bond donors (Lipinski definition) is 1. The Hall–Kier alpha value is -2.86. The number of ether oxygens (including phenoxy) is 3. The zero-order valence-corrected chi connectivity index (χ0v) is 15.6. The standard InChI is InChI=1S/C20H19ClN2O4/c1-25-15-2-3-17-14(10-15)4-5-23(17)12-19(24)22-11-13-8-16(21)20-18(9-13)26-6-7-27-20/h2-5,8-10H,6-7,11-12H2,1H3,(H,22,24). The first-order valence-electron chi connectivity index (χ1n) is 8.61. The molecule has 6 nitrogen and oxygen atoms in total. The summed E-state index contributed by atoms with van der Waals surface area (Å²) in [7, 11) is 1.63. The molecule has 1 aromatic heterocycles. The van der Waals surface area contributed by atoms with E-state index in [9.17, 15) is 4.79 Å². The Morgan fingerprint density at radius 3 is 2.93 bits per heavy atom. The molecule has 0 saturated heterocycles. The second-order valence-electron chi connectivity index (χ2n) is 6.25. The molecule has 1 aliphatic heterocycles. The van der Waals surface area contributed by atoms with E-state index in [1.165, 1.54) is 0 Å². The van der Waals surface area contributed by atoms with E-state index in [0.717, 1.165) is 22.2 Å². The van der Waals surface area contributed by atoms with Gasteiger partial charge in [0.05, 0.1) is 12.1 Å². The Balaban J connectivity index is 1.42. The van der Waals surface area contributed by atoms with Gasteiger partial charge in [-0.25, -0.2) is 0 Å². The van der Waals surface area contributed by atoms with Crippen molar-refractivity contribution >= 4 is 28.4 Å². The second-order valence-corrected chi connectivity index (χ2v) is 6.65. The third kappa shape index (κ3) is 3.66. The second kappa shape index (κ2) is 7.40. The van der Waals surface area contributed by atoms with Crippen molar-refractivity contribution in [3.8, 4) is 17.2 Å². The SMILES string of the molecule is COc1ccc2c(ccn2CC(=O)NCc2cc(Cl)c3c(c2)OCCO3)c1. The topological polar surface area (TPSA) is 61.7 Å². The van der Waals surface area contributed by atoms with E-state index >= 15 is 0 Å². The van der Waals surface area contributed by atoms with Gasteiger partial charge in [0.2, 0.25) is 5.91 Å². The monoisotopic (exact) mass is 386 g/mol. The van der Waals surface area contributed by atoms with Crippen LogP contribution in [-0.2, 0) is 17.9 Å². The summed E-state index contributed by atoms with van der Waals surface area (Å²) < 4.78 is 18.2. The van der Waals surface area contributed by atoms with Crippen LogP contribution in [0.15, 0.2) is 42.6 Å². The van der Waals surface area contributed by atoms with Crippen LogP contribution in [0.25, 0.3) is 10.9 Å². The highest BCUT2D eigenvalue weighted by Gasteiger charge is 2.17. The molecule has 1 N–H and O–H groups in total. The Bertz CT molecular complexity index is 999. The van der Waals surface area contributed by atoms with Crippen LogP contribution in [0.3, 0.4) is 0 Å². The maximum Gasteiger partial charge on any atom is 0.240 e. The number of nitrogens with one attached hydrogen (secondary N) is 1. The number of fused-ring (bicyclic) bond motifs is 2. The summed E-state index contributed by atoms with van der Waals surface area (Å²) in [5.41, 5.74) is 1.84. The van der Waals surface area contributed by atoms with E-state index in [1.807, 2.05) is 41.1 Å². The fourth-order valence-electron chi connectivity index (χ4n) is 3.12. The summed E-state index contributed by atoms with van der Waals surface area (Å²) in [6, 6.07) is 11.4. The van der Waals surface area contributed by atoms with Crippen LogP contribution in [0.5, 0.6) is 17.2 Å². The molecule has 1 aliphatic rings. The number of halogens is 1. The summed E-state index contributed by atoms with van der Waals surface area (Å²) >= 11 is 6.24. The number of amides is 1. The molecule has 140 valence electrons. The van der Waals surface area contributed by atoms with Crippen LogP contribution >= 0.6 is 11.6 Å². The van der Waals surface area contributed by atoms with Gasteiger partial charge in [-0.05, 0) is 42.0 Å². The van der Waals surface area contributed by atoms with Gasteiger partial charge in [0.1, 0.15) is 25.5 Å². The maximum absolute atomic E-state index is 12.4. The van der Waals surface area contributed by atoms with E-state index in [0.29, 0.717) is 36.3 Å². The maximum atomic E-state index is 12.4. The minimum atomic E-state index is -0.0886. The fourth-order valence-corrected chi connectivity index (χ4v) is 3.41. The molecule has 2 heterocycles. The summed E-state index contributed by atoms with van der Waals surface area (Å²) in [6.45, 7) is 1.57. The molecule has 1 amide bonds. The van der Waals surface area contributed by atoms with E-state index in [4.69, 9.17) is 25.8 Å². The number of carbonyl (C=O) groups excluding carboxylic acids is 1. The molecule has 0 spiro atoms. The molecule has 0 fully saturated rings. The van der Waals surface area contributed by atoms with Gasteiger partial charge in [-0.3, -0.25) is 4.79 Å². The number of rotatable bonds is 5. The lowest BCUT2D eigenvalue weighted by molar-refractivity contribution is -0.121. The van der Waals surface area contributed by atoms with E-state index < -0.39 is 0 Å². The van der Waals surface area contributed by atoms with Gasteiger partial charge in [-0.2, -0.15) is 0 Å². The van der Waals surface area contributed by atoms with Crippen molar-refractivity contribution in [2.24, 2.45) is 0 Å². The molecule has 3 aromatic rings. The first-order valence-corrected chi connectivity index (χ1v) is 8.99. The van der Waals surface area contributed by atoms with Gasteiger partial charge in [-0.1, -0.05) is 11.6 Å². The Labute approximate surface area is 161 Å². The number of benzene rings is 2. The van der Waals surface area contributed by atoms with Crippen molar-refractivity contribution in [1.82, 2.24) is 9.88 Å². The zero-order valence-electron chi connectivity index (χ0n) is 14.8. The zero-order chi connectivity index (χ0) is 18.8. The van der Waals surface area contributed by atoms with Gasteiger partial charge < -0.3 is 24.1 Å². The molecular formula is C20H19ClN2O4. The first-order chi connectivity index (χ1) is 13.1. The molecule has 0 atom stereocenters. The number of methoxy groups -OCH3 is 1. The third-order valence-electron chi connectivity index (χ3n) is 4.44. The van der Waals surface area contributed by atoms with Gasteiger partial charge in [0.25, 0.3) is 0 Å². The van der Waals surface area contributed by atoms with Crippen LogP contribution < -0.4 is 19.5 Å². The number of carbonyl (C=O) groups is 1. The van der Waals surface area contributed by atoms with Crippen LogP contribution in [0.2, 0.25) is 5.02 Å². The lowest BCUT2D eigenvalue weighted by Crippen LogP contribution is -2.27. The van der Waals surface area contributed by atoms with Crippen molar-refractivity contribution in [3.05, 3.63) is 53.2 Å². The number of hydrogen-bond acceptors (Lipinski definition) is 4. The quantitative estimate of drug-likeness (QED) is 0.730. The van der Waals surface area contributed by atoms with Crippen molar-refractivity contribution in [1.29, 1.82) is 0 Å². The molecule has 0 saturated carbocycles. The van der Waals surface area contributed by atoms with Crippen molar-refractivity contribution in [2.75, 3.05) is 20.3 Å². The van der Waals surface area contributed by atoms with Crippen molar-refractivity contribution in [2.45, 2.75) is 13.1 Å². The largest absolute Gasteiger partial charge is 0.497 e. The Morgan fingerprint density at radius 2 is 2.07 bits per heavy atom. The smallest absolute Gasteiger partial charge is 0.240 e. The predicted octanol–water partition coefficient (Wildman–Crippen LogP) is 3.39. The highest BCUT2D eigenvalue weighted by molar-refractivity contribution is 6.32. The highest BCUT2D eigenvalue weighted by Crippen LogP contribution is 2.38. The fraction of sp³-hybridized carbons (Fsp3) is 0.250. The Morgan fingerprint density at radius 1 is 1.22 bits per heavy atom. The molecule has 0 unspecified atom stereocenters. The van der Waals surface area contributed by atoms with Crippen LogP contribution in [0.4, 0.5) is 0 Å². The predicted molar refractivity (Wildman–Crippen MR) is 103 cm³/mol. The summed E-state index contributed by atoms with van der Waals surface area (Å²) in [4.78, 5) is 12.4. The molecule has 2 aromatic carbocycles. The molecule has 0 aliphatic carbocycles. The molecule has 4 rings (SSSR count). The lowest BCUT2D eigenvalue weighted by atomic mass is 10.2. The number of nitrogens with zero attached hydrogens (tertiary/aromatic N) is 1. The van der Waals surface area contributed by atoms with E-state index in [1.54, 1.807) is 13.2 Å². The van der Waals surface area contributed by atoms with E-state index in [-0.39, 0.29) is 12.5 Å². The van der Waals surface area contributed by atoms with Gasteiger partial charge in [0, 0.05) is 23.6 Å². The molecular weight excluding hydrogens is 368 g/mol. The third-order valence-corrected chi connectivity index (χ3v) is 4.72. The van der Waals surface area contributed by atoms with Crippen molar-refractivity contribution < 1.29 is 19.0 Å². The summed E-state index contributed by atoms with van der Waals surface area (Å²) in [6.07, 6.45) is 1.89. The summed E-state index contributed by atoms with van der Waals surface area (Å²) in [5.74, 6) is 1.88. The molecule has 0 radical (unpaired) electrons. The van der Waals surface area contributed by atoms with Gasteiger partial charge in [0.15, 0.2) is 11.5 Å². The normalized spacial score (nSPS) is 12.8. The summed E-state index contributed by atoms with van der Waals surface area (Å²) in [5, 5.41) is 4.44. The minimum Gasteiger partial charge on any atom is -0.497 e. The molecule has 7 heteroatoms. The molecule has 27 heavy (non-hydrogen) atoms. The average Bonchev–Trinajstić information content (AvgIpc) is 3.08. The van der Waals surface area contributed by atoms with Crippen LogP contribution in [0, 0.1) is 0 Å². The van der Waals surface area contributed by atoms with Crippen molar-refractivity contribution in [3.63, 3.8) is 0 Å². The average molecular weight is 387 g/mol. The van der Waals surface area contributed by atoms with E-state index in [2.05, 4.69) is 5.32 Å². The van der Waals surface area contributed by atoms with Crippen LogP contribution in [0.1, 0.15) is 5.56 Å². The molecule has 0 bridgehead atoms. The number of aromatic nitrogens is 1. The lowest BCUT2D eigenvalue weighted by Gasteiger charge is -2.20. The van der Waals surface area contributed by atoms with Gasteiger partial charge in [-0.15, -0.1) is 0 Å². The highest BCUT2D eigenvalue weighted by atomic mass is 35.5. The Kier molecular flexibility index (Phi) is 4.81. The first kappa shape index (κ1) is 17.5. The van der Waals surface area contributed by atoms with Crippen LogP contribution in [-0.4, -0.2) is 30.8 Å². The van der Waals surface area contributed by atoms with Gasteiger partial charge >= 0.3 is 0 Å². The minimum absolute atomic E-state index is 0.0886.